The molecule has 0 aliphatic heterocycles. The van der Waals surface area contributed by atoms with Gasteiger partial charge in [0.2, 0.25) is 0 Å². The molecule has 13 heavy (non-hydrogen) atoms. The number of hydrogen-bond acceptors (Lipinski definition) is 1. The molecule has 0 heterocycles. The summed E-state index contributed by atoms with van der Waals surface area (Å²) in [7, 11) is 0. The van der Waals surface area contributed by atoms with Crippen LogP contribution in [0.5, 0.6) is 0 Å². The molecule has 0 fully saturated rings. The smallest absolute Gasteiger partial charge is 0.129 e. The van der Waals surface area contributed by atoms with E-state index in [0.717, 1.165) is 0 Å². The molecule has 0 aliphatic carbocycles. The second-order valence-electron chi connectivity index (χ2n) is 3.05. The highest BCUT2D eigenvalue weighted by atomic mass is 32.1. The van der Waals surface area contributed by atoms with E-state index in [1.807, 2.05) is 0 Å². The minimum atomic E-state index is -0.464. The molecule has 0 bridgehead atoms. The lowest BCUT2D eigenvalue weighted by molar-refractivity contribution is 0.529. The van der Waals surface area contributed by atoms with E-state index < -0.39 is 11.6 Å². The summed E-state index contributed by atoms with van der Waals surface area (Å²) in [6.07, 6.45) is 0.682. The molecular weight excluding hydrogens is 190 g/mol. The Morgan fingerprint density at radius 1 is 1.31 bits per heavy atom. The van der Waals surface area contributed by atoms with Crippen molar-refractivity contribution >= 4 is 12.6 Å². The third-order valence-corrected chi connectivity index (χ3v) is 2.31. The molecule has 0 aliphatic rings. The fraction of sp³-hybridized carbons (Fsp3) is 0.400. The van der Waals surface area contributed by atoms with Gasteiger partial charge in [0.25, 0.3) is 0 Å². The van der Waals surface area contributed by atoms with Crippen molar-refractivity contribution in [2.75, 3.05) is 5.75 Å². The molecule has 0 spiro atoms. The maximum atomic E-state index is 13.2. The molecule has 1 unspecified atom stereocenters. The van der Waals surface area contributed by atoms with Crippen LogP contribution >= 0.6 is 12.6 Å². The highest BCUT2D eigenvalue weighted by Gasteiger charge is 2.14. The first-order valence-corrected chi connectivity index (χ1v) is 4.84. The van der Waals surface area contributed by atoms with Crippen molar-refractivity contribution in [3.05, 3.63) is 35.4 Å². The van der Waals surface area contributed by atoms with Crippen LogP contribution in [0.4, 0.5) is 8.78 Å². The Labute approximate surface area is 82.4 Å². The minimum absolute atomic E-state index is 0.112. The predicted molar refractivity (Wildman–Crippen MR) is 53.2 cm³/mol. The third-order valence-electron chi connectivity index (χ3n) is 2.05. The number of benzene rings is 1. The average Bonchev–Trinajstić information content (AvgIpc) is 2.04. The van der Waals surface area contributed by atoms with Gasteiger partial charge in [-0.2, -0.15) is 12.6 Å². The molecule has 0 aromatic heterocycles. The maximum Gasteiger partial charge on any atom is 0.129 e. The fourth-order valence-corrected chi connectivity index (χ4v) is 1.71. The van der Waals surface area contributed by atoms with Crippen LogP contribution in [0.25, 0.3) is 0 Å². The van der Waals surface area contributed by atoms with Crippen molar-refractivity contribution in [1.82, 2.24) is 0 Å². The molecule has 1 aromatic rings. The summed E-state index contributed by atoms with van der Waals surface area (Å²) >= 11 is 4.03. The summed E-state index contributed by atoms with van der Waals surface area (Å²) in [5.74, 6) is -0.406. The zero-order valence-electron chi connectivity index (χ0n) is 7.43. The van der Waals surface area contributed by atoms with Gasteiger partial charge in [-0.05, 0) is 30.2 Å². The summed E-state index contributed by atoms with van der Waals surface area (Å²) in [5, 5.41) is 0. The van der Waals surface area contributed by atoms with Gasteiger partial charge in [-0.3, -0.25) is 0 Å². The lowest BCUT2D eigenvalue weighted by atomic mass is 9.97. The first-order chi connectivity index (χ1) is 6.16. The maximum absolute atomic E-state index is 13.2. The van der Waals surface area contributed by atoms with Gasteiger partial charge in [0.05, 0.1) is 0 Å². The lowest BCUT2D eigenvalue weighted by Gasteiger charge is -2.11. The number of halogens is 2. The Hall–Kier alpha value is -0.570. The van der Waals surface area contributed by atoms with Crippen molar-refractivity contribution in [3.63, 3.8) is 0 Å². The Morgan fingerprint density at radius 3 is 2.31 bits per heavy atom. The number of thiol groups is 1. The summed E-state index contributed by atoms with van der Waals surface area (Å²) in [6.45, 7) is 1.80. The van der Waals surface area contributed by atoms with Crippen LogP contribution in [-0.2, 0) is 0 Å². The predicted octanol–water partition coefficient (Wildman–Crippen LogP) is 3.39. The zero-order valence-corrected chi connectivity index (χ0v) is 8.32. The first-order valence-electron chi connectivity index (χ1n) is 4.21. The van der Waals surface area contributed by atoms with Gasteiger partial charge in [0.1, 0.15) is 11.6 Å². The van der Waals surface area contributed by atoms with Crippen molar-refractivity contribution < 1.29 is 8.78 Å². The molecule has 1 atom stereocenters. The van der Waals surface area contributed by atoms with E-state index in [1.54, 1.807) is 6.92 Å². The van der Waals surface area contributed by atoms with Gasteiger partial charge in [-0.25, -0.2) is 8.78 Å². The highest BCUT2D eigenvalue weighted by molar-refractivity contribution is 7.80. The molecule has 0 amide bonds. The van der Waals surface area contributed by atoms with E-state index >= 15 is 0 Å². The highest BCUT2D eigenvalue weighted by Crippen LogP contribution is 2.24. The Bertz CT molecular complexity index is 266. The fourth-order valence-electron chi connectivity index (χ4n) is 1.32. The Kier molecular flexibility index (Phi) is 3.72. The van der Waals surface area contributed by atoms with Gasteiger partial charge in [-0.15, -0.1) is 0 Å². The summed E-state index contributed by atoms with van der Waals surface area (Å²) in [6, 6.07) is 3.95. The van der Waals surface area contributed by atoms with Crippen LogP contribution in [0.1, 0.15) is 24.8 Å². The summed E-state index contributed by atoms with van der Waals surface area (Å²) in [5.41, 5.74) is 0.177. The van der Waals surface area contributed by atoms with Crippen LogP contribution in [0.3, 0.4) is 0 Å². The second kappa shape index (κ2) is 4.61. The van der Waals surface area contributed by atoms with Gasteiger partial charge < -0.3 is 0 Å². The van der Waals surface area contributed by atoms with Crippen molar-refractivity contribution in [2.45, 2.75) is 19.3 Å². The van der Waals surface area contributed by atoms with Gasteiger partial charge in [0.15, 0.2) is 0 Å². The molecule has 0 N–H and O–H groups in total. The molecule has 0 saturated heterocycles. The molecule has 0 radical (unpaired) electrons. The van der Waals surface area contributed by atoms with E-state index in [0.29, 0.717) is 12.2 Å². The van der Waals surface area contributed by atoms with E-state index in [2.05, 4.69) is 12.6 Å². The summed E-state index contributed by atoms with van der Waals surface area (Å²) in [4.78, 5) is 0. The largest absolute Gasteiger partial charge is 0.207 e. The lowest BCUT2D eigenvalue weighted by Crippen LogP contribution is -2.01. The first kappa shape index (κ1) is 10.5. The normalized spacial score (nSPS) is 12.9. The monoisotopic (exact) mass is 202 g/mol. The number of rotatable bonds is 3. The quantitative estimate of drug-likeness (QED) is 0.714. The van der Waals surface area contributed by atoms with E-state index in [-0.39, 0.29) is 11.5 Å². The third kappa shape index (κ3) is 2.44. The van der Waals surface area contributed by atoms with Gasteiger partial charge in [-0.1, -0.05) is 13.0 Å². The van der Waals surface area contributed by atoms with Gasteiger partial charge >= 0.3 is 0 Å². The molecular formula is C10H12F2S. The van der Waals surface area contributed by atoms with E-state index in [4.69, 9.17) is 0 Å². The molecule has 1 rings (SSSR count). The standard InChI is InChI=1S/C10H12F2S/c1-7(5-6-13)10-8(11)3-2-4-9(10)12/h2-4,7,13H,5-6H2,1H3. The van der Waals surface area contributed by atoms with E-state index in [9.17, 15) is 8.78 Å². The van der Waals surface area contributed by atoms with Crippen LogP contribution in [-0.4, -0.2) is 5.75 Å². The molecule has 72 valence electrons. The SMILES string of the molecule is CC(CCS)c1c(F)cccc1F. The Morgan fingerprint density at radius 2 is 1.85 bits per heavy atom. The molecule has 3 heteroatoms. The van der Waals surface area contributed by atoms with Crippen molar-refractivity contribution in [1.29, 1.82) is 0 Å². The topological polar surface area (TPSA) is 0 Å². The minimum Gasteiger partial charge on any atom is -0.207 e. The van der Waals surface area contributed by atoms with Gasteiger partial charge in [0, 0.05) is 5.56 Å². The second-order valence-corrected chi connectivity index (χ2v) is 3.50. The van der Waals surface area contributed by atoms with Crippen LogP contribution in [0.15, 0.2) is 18.2 Å². The van der Waals surface area contributed by atoms with Crippen LogP contribution < -0.4 is 0 Å². The summed E-state index contributed by atoms with van der Waals surface area (Å²) < 4.78 is 26.3. The average molecular weight is 202 g/mol. The van der Waals surface area contributed by atoms with Crippen LogP contribution in [0, 0.1) is 11.6 Å². The van der Waals surface area contributed by atoms with Crippen LogP contribution in [0.2, 0.25) is 0 Å². The van der Waals surface area contributed by atoms with Crippen molar-refractivity contribution in [2.24, 2.45) is 0 Å². The zero-order chi connectivity index (χ0) is 9.84. The van der Waals surface area contributed by atoms with Crippen molar-refractivity contribution in [3.8, 4) is 0 Å². The van der Waals surface area contributed by atoms with E-state index in [1.165, 1.54) is 18.2 Å². The molecule has 0 saturated carbocycles. The molecule has 0 nitrogen and oxygen atoms in total. The Balaban J connectivity index is 2.98. The number of hydrogen-bond donors (Lipinski definition) is 1. The molecule has 1 aromatic carbocycles.